The molecular formula is C13H21NS. The van der Waals surface area contributed by atoms with Gasteiger partial charge >= 0.3 is 0 Å². The van der Waals surface area contributed by atoms with Crippen molar-refractivity contribution in [3.05, 3.63) is 29.8 Å². The summed E-state index contributed by atoms with van der Waals surface area (Å²) < 4.78 is 0. The molecule has 0 spiro atoms. The third kappa shape index (κ3) is 2.99. The molecule has 0 heterocycles. The van der Waals surface area contributed by atoms with Gasteiger partial charge < -0.3 is 5.32 Å². The average Bonchev–Trinajstić information content (AvgIpc) is 2.30. The molecule has 0 aliphatic heterocycles. The van der Waals surface area contributed by atoms with Crippen LogP contribution in [-0.4, -0.2) is 13.3 Å². The molecule has 1 aromatic carbocycles. The second kappa shape index (κ2) is 6.19. The Hall–Kier alpha value is -0.470. The van der Waals surface area contributed by atoms with Gasteiger partial charge in [-0.15, -0.1) is 11.8 Å². The molecule has 0 aromatic heterocycles. The van der Waals surface area contributed by atoms with Crippen LogP contribution < -0.4 is 5.32 Å². The molecule has 0 saturated carbocycles. The quantitative estimate of drug-likeness (QED) is 0.764. The van der Waals surface area contributed by atoms with E-state index in [1.54, 1.807) is 0 Å². The Bertz CT molecular complexity index is 298. The third-order valence-corrected chi connectivity index (χ3v) is 3.81. The molecule has 1 nitrogen and oxygen atoms in total. The van der Waals surface area contributed by atoms with Crippen molar-refractivity contribution in [3.63, 3.8) is 0 Å². The van der Waals surface area contributed by atoms with E-state index in [-0.39, 0.29) is 0 Å². The second-order valence-electron chi connectivity index (χ2n) is 3.89. The van der Waals surface area contributed by atoms with Crippen molar-refractivity contribution >= 4 is 11.8 Å². The molecule has 0 aliphatic rings. The lowest BCUT2D eigenvalue weighted by atomic mass is 9.92. The molecule has 1 N–H and O–H groups in total. The summed E-state index contributed by atoms with van der Waals surface area (Å²) in [7, 11) is 2.05. The highest BCUT2D eigenvalue weighted by Gasteiger charge is 2.18. The molecule has 0 radical (unpaired) electrons. The molecule has 0 bridgehead atoms. The zero-order valence-electron chi connectivity index (χ0n) is 10.1. The van der Waals surface area contributed by atoms with Gasteiger partial charge in [-0.05, 0) is 30.9 Å². The summed E-state index contributed by atoms with van der Waals surface area (Å²) >= 11 is 1.83. The van der Waals surface area contributed by atoms with Crippen molar-refractivity contribution in [3.8, 4) is 0 Å². The summed E-state index contributed by atoms with van der Waals surface area (Å²) in [5, 5.41) is 3.43. The summed E-state index contributed by atoms with van der Waals surface area (Å²) in [5.74, 6) is 0.670. The topological polar surface area (TPSA) is 12.0 Å². The zero-order valence-corrected chi connectivity index (χ0v) is 10.9. The molecule has 0 fully saturated rings. The predicted octanol–water partition coefficient (Wildman–Crippen LogP) is 3.72. The van der Waals surface area contributed by atoms with E-state index in [2.05, 4.69) is 49.7 Å². The minimum absolute atomic E-state index is 0.471. The van der Waals surface area contributed by atoms with Gasteiger partial charge in [0.2, 0.25) is 0 Å². The molecular weight excluding hydrogens is 202 g/mol. The minimum atomic E-state index is 0.471. The molecule has 0 saturated heterocycles. The van der Waals surface area contributed by atoms with Gasteiger partial charge in [0.05, 0.1) is 0 Å². The summed E-state index contributed by atoms with van der Waals surface area (Å²) in [6.07, 6.45) is 3.34. The van der Waals surface area contributed by atoms with Crippen LogP contribution in [0.2, 0.25) is 0 Å². The molecule has 84 valence electrons. The molecule has 2 atom stereocenters. The van der Waals surface area contributed by atoms with Crippen molar-refractivity contribution in [2.75, 3.05) is 13.3 Å². The van der Waals surface area contributed by atoms with E-state index in [1.165, 1.54) is 16.9 Å². The van der Waals surface area contributed by atoms with Crippen LogP contribution in [0.25, 0.3) is 0 Å². The smallest absolute Gasteiger partial charge is 0.0354 e. The van der Waals surface area contributed by atoms with E-state index in [1.807, 2.05) is 18.8 Å². The first kappa shape index (κ1) is 12.6. The van der Waals surface area contributed by atoms with Gasteiger partial charge in [0, 0.05) is 10.9 Å². The SMILES string of the molecule is CCC(C)C(NC)c1ccccc1SC. The number of hydrogen-bond acceptors (Lipinski definition) is 2. The molecule has 1 rings (SSSR count). The number of rotatable bonds is 5. The molecule has 0 aliphatic carbocycles. The first-order chi connectivity index (χ1) is 7.24. The Morgan fingerprint density at radius 3 is 2.53 bits per heavy atom. The first-order valence-corrected chi connectivity index (χ1v) is 6.77. The van der Waals surface area contributed by atoms with Crippen LogP contribution >= 0.6 is 11.8 Å². The molecule has 15 heavy (non-hydrogen) atoms. The third-order valence-electron chi connectivity index (χ3n) is 3.00. The Labute approximate surface area is 97.7 Å². The zero-order chi connectivity index (χ0) is 11.3. The standard InChI is InChI=1S/C13H21NS/c1-5-10(2)13(14-3)11-8-6-7-9-12(11)15-4/h6-10,13-14H,5H2,1-4H3. The van der Waals surface area contributed by atoms with Crippen molar-refractivity contribution in [2.24, 2.45) is 5.92 Å². The van der Waals surface area contributed by atoms with Crippen LogP contribution in [0.4, 0.5) is 0 Å². The summed E-state index contributed by atoms with van der Waals surface area (Å²) in [4.78, 5) is 1.39. The number of thioether (sulfide) groups is 1. The normalized spacial score (nSPS) is 14.9. The summed E-state index contributed by atoms with van der Waals surface area (Å²) in [5.41, 5.74) is 1.43. The monoisotopic (exact) mass is 223 g/mol. The maximum absolute atomic E-state index is 3.43. The maximum Gasteiger partial charge on any atom is 0.0354 e. The van der Waals surface area contributed by atoms with Gasteiger partial charge in [-0.1, -0.05) is 38.5 Å². The largest absolute Gasteiger partial charge is 0.313 e. The molecule has 2 heteroatoms. The van der Waals surface area contributed by atoms with Crippen molar-refractivity contribution < 1.29 is 0 Å². The first-order valence-electron chi connectivity index (χ1n) is 5.54. The van der Waals surface area contributed by atoms with E-state index in [0.29, 0.717) is 12.0 Å². The van der Waals surface area contributed by atoms with Crippen LogP contribution in [0.5, 0.6) is 0 Å². The highest BCUT2D eigenvalue weighted by molar-refractivity contribution is 7.98. The van der Waals surface area contributed by atoms with Crippen molar-refractivity contribution in [1.82, 2.24) is 5.32 Å². The van der Waals surface area contributed by atoms with Gasteiger partial charge in [-0.3, -0.25) is 0 Å². The number of benzene rings is 1. The van der Waals surface area contributed by atoms with E-state index >= 15 is 0 Å². The van der Waals surface area contributed by atoms with Gasteiger partial charge in [-0.2, -0.15) is 0 Å². The van der Waals surface area contributed by atoms with Crippen LogP contribution in [0.3, 0.4) is 0 Å². The lowest BCUT2D eigenvalue weighted by Crippen LogP contribution is -2.23. The van der Waals surface area contributed by atoms with E-state index in [0.717, 1.165) is 0 Å². The average molecular weight is 223 g/mol. The fourth-order valence-electron chi connectivity index (χ4n) is 1.91. The Kier molecular flexibility index (Phi) is 5.20. The van der Waals surface area contributed by atoms with E-state index in [4.69, 9.17) is 0 Å². The highest BCUT2D eigenvalue weighted by atomic mass is 32.2. The van der Waals surface area contributed by atoms with Gasteiger partial charge in [0.25, 0.3) is 0 Å². The second-order valence-corrected chi connectivity index (χ2v) is 4.74. The summed E-state index contributed by atoms with van der Waals surface area (Å²) in [6.45, 7) is 4.55. The fourth-order valence-corrected chi connectivity index (χ4v) is 2.55. The lowest BCUT2D eigenvalue weighted by molar-refractivity contribution is 0.396. The fraction of sp³-hybridized carbons (Fsp3) is 0.538. The van der Waals surface area contributed by atoms with E-state index in [9.17, 15) is 0 Å². The van der Waals surface area contributed by atoms with Crippen LogP contribution in [0, 0.1) is 5.92 Å². The molecule has 0 amide bonds. The van der Waals surface area contributed by atoms with Gasteiger partial charge in [0.1, 0.15) is 0 Å². The number of hydrogen-bond donors (Lipinski definition) is 1. The van der Waals surface area contributed by atoms with Gasteiger partial charge in [-0.25, -0.2) is 0 Å². The van der Waals surface area contributed by atoms with Crippen molar-refractivity contribution in [2.45, 2.75) is 31.2 Å². The van der Waals surface area contributed by atoms with E-state index < -0.39 is 0 Å². The van der Waals surface area contributed by atoms with Crippen LogP contribution in [0.1, 0.15) is 31.9 Å². The maximum atomic E-state index is 3.43. The van der Waals surface area contributed by atoms with Crippen LogP contribution in [-0.2, 0) is 0 Å². The Morgan fingerprint density at radius 1 is 1.33 bits per heavy atom. The highest BCUT2D eigenvalue weighted by Crippen LogP contribution is 2.31. The van der Waals surface area contributed by atoms with Crippen molar-refractivity contribution in [1.29, 1.82) is 0 Å². The molecule has 1 aromatic rings. The summed E-state index contributed by atoms with van der Waals surface area (Å²) in [6, 6.07) is 9.14. The Morgan fingerprint density at radius 2 is 2.00 bits per heavy atom. The number of nitrogens with one attached hydrogen (secondary N) is 1. The lowest BCUT2D eigenvalue weighted by Gasteiger charge is -2.24. The minimum Gasteiger partial charge on any atom is -0.313 e. The predicted molar refractivity (Wildman–Crippen MR) is 69.5 cm³/mol. The molecule has 2 unspecified atom stereocenters. The van der Waals surface area contributed by atoms with Crippen LogP contribution in [0.15, 0.2) is 29.2 Å². The Balaban J connectivity index is 3.00. The van der Waals surface area contributed by atoms with Gasteiger partial charge in [0.15, 0.2) is 0 Å².